The maximum absolute atomic E-state index is 12.5. The number of nitrogens with one attached hydrogen (secondary N) is 2. The molecule has 1 unspecified atom stereocenters. The molecule has 1 aliphatic heterocycles. The lowest BCUT2D eigenvalue weighted by atomic mass is 10.2. The van der Waals surface area contributed by atoms with Gasteiger partial charge in [0.2, 0.25) is 11.8 Å². The summed E-state index contributed by atoms with van der Waals surface area (Å²) in [4.78, 5) is 41.0. The SMILES string of the molecule is CC(NC(=O)c1cccs1)C(=O)N(C)CC(=O)Nc1ccc(N2CCOCC2)cc1. The maximum Gasteiger partial charge on any atom is 0.261 e. The Morgan fingerprint density at radius 3 is 2.50 bits per heavy atom. The van der Waals surface area contributed by atoms with Crippen LogP contribution in [0.25, 0.3) is 0 Å². The van der Waals surface area contributed by atoms with Crippen LogP contribution in [0.5, 0.6) is 0 Å². The smallest absolute Gasteiger partial charge is 0.261 e. The molecule has 1 aromatic heterocycles. The van der Waals surface area contributed by atoms with E-state index in [-0.39, 0.29) is 24.3 Å². The van der Waals surface area contributed by atoms with Gasteiger partial charge < -0.3 is 25.2 Å². The van der Waals surface area contributed by atoms with E-state index in [0.29, 0.717) is 23.8 Å². The molecule has 0 bridgehead atoms. The van der Waals surface area contributed by atoms with E-state index in [0.717, 1.165) is 18.8 Å². The summed E-state index contributed by atoms with van der Waals surface area (Å²) in [7, 11) is 1.54. The van der Waals surface area contributed by atoms with Crippen molar-refractivity contribution in [2.45, 2.75) is 13.0 Å². The Balaban J connectivity index is 1.47. The van der Waals surface area contributed by atoms with Gasteiger partial charge in [-0.15, -0.1) is 11.3 Å². The highest BCUT2D eigenvalue weighted by molar-refractivity contribution is 7.12. The average Bonchev–Trinajstić information content (AvgIpc) is 3.29. The number of carbonyl (C=O) groups is 3. The van der Waals surface area contributed by atoms with Gasteiger partial charge in [0.15, 0.2) is 0 Å². The molecule has 1 saturated heterocycles. The predicted molar refractivity (Wildman–Crippen MR) is 117 cm³/mol. The molecule has 160 valence electrons. The molecule has 0 saturated carbocycles. The van der Waals surface area contributed by atoms with Gasteiger partial charge in [0.25, 0.3) is 5.91 Å². The number of nitrogens with zero attached hydrogens (tertiary/aromatic N) is 2. The van der Waals surface area contributed by atoms with Gasteiger partial charge in [-0.25, -0.2) is 0 Å². The summed E-state index contributed by atoms with van der Waals surface area (Å²) >= 11 is 1.30. The van der Waals surface area contributed by atoms with E-state index in [1.54, 1.807) is 24.4 Å². The highest BCUT2D eigenvalue weighted by Gasteiger charge is 2.22. The number of anilines is 2. The van der Waals surface area contributed by atoms with E-state index in [4.69, 9.17) is 4.74 Å². The number of amides is 3. The summed E-state index contributed by atoms with van der Waals surface area (Å²) in [5, 5.41) is 7.25. The number of benzene rings is 1. The first kappa shape index (κ1) is 21.8. The van der Waals surface area contributed by atoms with Crippen LogP contribution < -0.4 is 15.5 Å². The lowest BCUT2D eigenvalue weighted by molar-refractivity contribution is -0.134. The molecule has 3 amide bonds. The number of likely N-dealkylation sites (N-methyl/N-ethyl adjacent to an activating group) is 1. The molecule has 0 aliphatic carbocycles. The zero-order valence-corrected chi connectivity index (χ0v) is 17.9. The van der Waals surface area contributed by atoms with Gasteiger partial charge in [0, 0.05) is 31.5 Å². The summed E-state index contributed by atoms with van der Waals surface area (Å²) in [6.45, 7) is 4.62. The molecule has 2 aromatic rings. The van der Waals surface area contributed by atoms with Crippen molar-refractivity contribution in [1.82, 2.24) is 10.2 Å². The van der Waals surface area contributed by atoms with Gasteiger partial charge >= 0.3 is 0 Å². The van der Waals surface area contributed by atoms with Crippen LogP contribution in [0.3, 0.4) is 0 Å². The molecule has 2 N–H and O–H groups in total. The Morgan fingerprint density at radius 1 is 1.17 bits per heavy atom. The Bertz CT molecular complexity index is 864. The van der Waals surface area contributed by atoms with Crippen molar-refractivity contribution in [2.75, 3.05) is 50.1 Å². The van der Waals surface area contributed by atoms with Crippen LogP contribution in [0.2, 0.25) is 0 Å². The molecule has 1 fully saturated rings. The fourth-order valence-corrected chi connectivity index (χ4v) is 3.77. The quantitative estimate of drug-likeness (QED) is 0.699. The number of morpholine rings is 1. The van der Waals surface area contributed by atoms with Crippen LogP contribution in [-0.4, -0.2) is 68.6 Å². The van der Waals surface area contributed by atoms with Crippen LogP contribution in [0.4, 0.5) is 11.4 Å². The first-order valence-electron chi connectivity index (χ1n) is 9.76. The maximum atomic E-state index is 12.5. The first-order chi connectivity index (χ1) is 14.4. The van der Waals surface area contributed by atoms with Gasteiger partial charge in [0.1, 0.15) is 6.04 Å². The van der Waals surface area contributed by atoms with Gasteiger partial charge in [-0.2, -0.15) is 0 Å². The first-order valence-corrected chi connectivity index (χ1v) is 10.6. The Kier molecular flexibility index (Phi) is 7.42. The van der Waals surface area contributed by atoms with Crippen molar-refractivity contribution in [3.05, 3.63) is 46.7 Å². The van der Waals surface area contributed by atoms with Crippen LogP contribution >= 0.6 is 11.3 Å². The molecular formula is C21H26N4O4S. The van der Waals surface area contributed by atoms with Crippen molar-refractivity contribution in [3.63, 3.8) is 0 Å². The number of rotatable bonds is 7. The second-order valence-electron chi connectivity index (χ2n) is 7.06. The normalized spacial score (nSPS) is 14.7. The van der Waals surface area contributed by atoms with E-state index in [9.17, 15) is 14.4 Å². The minimum absolute atomic E-state index is 0.108. The number of thiophene rings is 1. The van der Waals surface area contributed by atoms with Gasteiger partial charge in [-0.3, -0.25) is 14.4 Å². The molecule has 1 aromatic carbocycles. The zero-order chi connectivity index (χ0) is 21.5. The Hall–Kier alpha value is -2.91. The van der Waals surface area contributed by atoms with E-state index in [2.05, 4.69) is 15.5 Å². The van der Waals surface area contributed by atoms with Gasteiger partial charge in [-0.1, -0.05) is 6.07 Å². The highest BCUT2D eigenvalue weighted by Crippen LogP contribution is 2.19. The number of hydrogen-bond acceptors (Lipinski definition) is 6. The van der Waals surface area contributed by atoms with Crippen LogP contribution in [0, 0.1) is 0 Å². The molecule has 8 nitrogen and oxygen atoms in total. The van der Waals surface area contributed by atoms with Crippen LogP contribution in [-0.2, 0) is 14.3 Å². The van der Waals surface area contributed by atoms with Crippen molar-refractivity contribution >= 4 is 40.4 Å². The third-order valence-corrected chi connectivity index (χ3v) is 5.62. The average molecular weight is 431 g/mol. The van der Waals surface area contributed by atoms with Gasteiger partial charge in [-0.05, 0) is 42.6 Å². The molecule has 0 spiro atoms. The molecular weight excluding hydrogens is 404 g/mol. The third kappa shape index (κ3) is 5.80. The lowest BCUT2D eigenvalue weighted by Crippen LogP contribution is -2.47. The third-order valence-electron chi connectivity index (χ3n) is 4.75. The van der Waals surface area contributed by atoms with E-state index < -0.39 is 6.04 Å². The van der Waals surface area contributed by atoms with Gasteiger partial charge in [0.05, 0.1) is 24.6 Å². The summed E-state index contributed by atoms with van der Waals surface area (Å²) in [5.74, 6) is -0.941. The summed E-state index contributed by atoms with van der Waals surface area (Å²) in [5.41, 5.74) is 1.75. The van der Waals surface area contributed by atoms with Crippen molar-refractivity contribution in [1.29, 1.82) is 0 Å². The van der Waals surface area contributed by atoms with Crippen LogP contribution in [0.1, 0.15) is 16.6 Å². The topological polar surface area (TPSA) is 91.0 Å². The fourth-order valence-electron chi connectivity index (χ4n) is 3.14. The summed E-state index contributed by atoms with van der Waals surface area (Å²) < 4.78 is 5.36. The molecule has 2 heterocycles. The second kappa shape index (κ2) is 10.2. The molecule has 9 heteroatoms. The predicted octanol–water partition coefficient (Wildman–Crippen LogP) is 1.80. The number of ether oxygens (including phenoxy) is 1. The molecule has 0 radical (unpaired) electrons. The summed E-state index contributed by atoms with van der Waals surface area (Å²) in [6, 6.07) is 10.3. The molecule has 30 heavy (non-hydrogen) atoms. The minimum Gasteiger partial charge on any atom is -0.378 e. The highest BCUT2D eigenvalue weighted by atomic mass is 32.1. The Morgan fingerprint density at radius 2 is 1.87 bits per heavy atom. The van der Waals surface area contributed by atoms with Crippen molar-refractivity contribution in [3.8, 4) is 0 Å². The van der Waals surface area contributed by atoms with Crippen molar-refractivity contribution in [2.24, 2.45) is 0 Å². The van der Waals surface area contributed by atoms with E-state index in [1.165, 1.54) is 23.3 Å². The standard InChI is InChI=1S/C21H26N4O4S/c1-15(22-20(27)18-4-3-13-30-18)21(28)24(2)14-19(26)23-16-5-7-17(8-6-16)25-9-11-29-12-10-25/h3-8,13,15H,9-12,14H2,1-2H3,(H,22,27)(H,23,26). The second-order valence-corrected chi connectivity index (χ2v) is 8.01. The number of carbonyl (C=O) groups excluding carboxylic acids is 3. The zero-order valence-electron chi connectivity index (χ0n) is 17.1. The van der Waals surface area contributed by atoms with E-state index >= 15 is 0 Å². The minimum atomic E-state index is -0.731. The monoisotopic (exact) mass is 430 g/mol. The fraction of sp³-hybridized carbons (Fsp3) is 0.381. The molecule has 3 rings (SSSR count). The van der Waals surface area contributed by atoms with Crippen LogP contribution in [0.15, 0.2) is 41.8 Å². The van der Waals surface area contributed by atoms with E-state index in [1.807, 2.05) is 24.3 Å². The largest absolute Gasteiger partial charge is 0.378 e. The van der Waals surface area contributed by atoms with Crippen molar-refractivity contribution < 1.29 is 19.1 Å². The Labute approximate surface area is 179 Å². The molecule has 1 atom stereocenters. The lowest BCUT2D eigenvalue weighted by Gasteiger charge is -2.29. The number of hydrogen-bond donors (Lipinski definition) is 2. The summed E-state index contributed by atoms with van der Waals surface area (Å²) in [6.07, 6.45) is 0. The molecule has 1 aliphatic rings.